The van der Waals surface area contributed by atoms with Gasteiger partial charge in [-0.3, -0.25) is 13.9 Å². The van der Waals surface area contributed by atoms with Crippen LogP contribution >= 0.6 is 0 Å². The second kappa shape index (κ2) is 13.1. The van der Waals surface area contributed by atoms with Crippen LogP contribution < -0.4 is 9.62 Å². The van der Waals surface area contributed by atoms with Crippen LogP contribution in [0.1, 0.15) is 38.3 Å². The highest BCUT2D eigenvalue weighted by atomic mass is 32.2. The Morgan fingerprint density at radius 2 is 1.41 bits per heavy atom. The van der Waals surface area contributed by atoms with Crippen molar-refractivity contribution in [1.82, 2.24) is 10.2 Å². The third-order valence-corrected chi connectivity index (χ3v) is 7.96. The fourth-order valence-corrected chi connectivity index (χ4v) is 5.57. The summed E-state index contributed by atoms with van der Waals surface area (Å²) in [4.78, 5) is 28.4. The standard InChI is InChI=1S/C29H35N3O4S/c1-4-23-17-19-25(20-18-23)32(37(35,36)26-15-11-8-12-16-26)22-28(33)31(21-24-13-9-7-10-14-24)27(5-2)29(34)30-6-3/h7-20,27H,4-6,21-22H2,1-3H3,(H,30,34)/t27-/m0/s1. The normalized spacial score (nSPS) is 12.0. The Labute approximate surface area is 220 Å². The summed E-state index contributed by atoms with van der Waals surface area (Å²) in [6, 6.07) is 23.9. The van der Waals surface area contributed by atoms with Crippen LogP contribution in [0.3, 0.4) is 0 Å². The molecule has 2 amide bonds. The maximum atomic E-state index is 13.9. The summed E-state index contributed by atoms with van der Waals surface area (Å²) in [5.74, 6) is -0.722. The minimum absolute atomic E-state index is 0.0905. The molecule has 3 rings (SSSR count). The van der Waals surface area contributed by atoms with Crippen molar-refractivity contribution >= 4 is 27.5 Å². The predicted octanol–water partition coefficient (Wildman–Crippen LogP) is 4.39. The van der Waals surface area contributed by atoms with Crippen molar-refractivity contribution < 1.29 is 18.0 Å². The van der Waals surface area contributed by atoms with E-state index < -0.39 is 28.5 Å². The van der Waals surface area contributed by atoms with E-state index in [2.05, 4.69) is 5.32 Å². The van der Waals surface area contributed by atoms with Crippen LogP contribution in [-0.2, 0) is 32.6 Å². The quantitative estimate of drug-likeness (QED) is 0.383. The summed E-state index contributed by atoms with van der Waals surface area (Å²) < 4.78 is 28.6. The van der Waals surface area contributed by atoms with E-state index in [-0.39, 0.29) is 17.3 Å². The summed E-state index contributed by atoms with van der Waals surface area (Å²) in [7, 11) is -4.05. The Kier molecular flexibility index (Phi) is 9.85. The van der Waals surface area contributed by atoms with E-state index in [1.54, 1.807) is 30.3 Å². The number of rotatable bonds is 12. The van der Waals surface area contributed by atoms with E-state index in [0.29, 0.717) is 18.7 Å². The summed E-state index contributed by atoms with van der Waals surface area (Å²) >= 11 is 0. The van der Waals surface area contributed by atoms with Crippen LogP contribution in [0.4, 0.5) is 5.69 Å². The van der Waals surface area contributed by atoms with E-state index in [9.17, 15) is 18.0 Å². The topological polar surface area (TPSA) is 86.8 Å². The highest BCUT2D eigenvalue weighted by Crippen LogP contribution is 2.25. The molecule has 0 fully saturated rings. The smallest absolute Gasteiger partial charge is 0.264 e. The molecular formula is C29H35N3O4S. The molecule has 8 heteroatoms. The molecular weight excluding hydrogens is 486 g/mol. The summed E-state index contributed by atoms with van der Waals surface area (Å²) in [5.41, 5.74) is 2.30. The maximum Gasteiger partial charge on any atom is 0.264 e. The van der Waals surface area contributed by atoms with Crippen LogP contribution in [0, 0.1) is 0 Å². The third kappa shape index (κ3) is 6.98. The predicted molar refractivity (Wildman–Crippen MR) is 147 cm³/mol. The van der Waals surface area contributed by atoms with Crippen LogP contribution in [-0.4, -0.2) is 44.3 Å². The number of carbonyl (C=O) groups is 2. The van der Waals surface area contributed by atoms with Crippen molar-refractivity contribution in [2.75, 3.05) is 17.4 Å². The molecule has 37 heavy (non-hydrogen) atoms. The summed E-state index contributed by atoms with van der Waals surface area (Å²) in [6.45, 7) is 5.86. The van der Waals surface area contributed by atoms with Gasteiger partial charge in [0.05, 0.1) is 10.6 Å². The first kappa shape index (κ1) is 27.9. The average Bonchev–Trinajstić information content (AvgIpc) is 2.92. The Morgan fingerprint density at radius 1 is 0.811 bits per heavy atom. The van der Waals surface area contributed by atoms with Crippen molar-refractivity contribution in [3.63, 3.8) is 0 Å². The number of carbonyl (C=O) groups excluding carboxylic acids is 2. The van der Waals surface area contributed by atoms with Crippen molar-refractivity contribution in [2.45, 2.75) is 51.1 Å². The highest BCUT2D eigenvalue weighted by Gasteiger charge is 2.33. The Balaban J connectivity index is 2.03. The fraction of sp³-hybridized carbons (Fsp3) is 0.310. The van der Waals surface area contributed by atoms with Gasteiger partial charge in [-0.15, -0.1) is 0 Å². The zero-order valence-corrected chi connectivity index (χ0v) is 22.4. The second-order valence-corrected chi connectivity index (χ2v) is 10.5. The molecule has 1 N–H and O–H groups in total. The lowest BCUT2D eigenvalue weighted by atomic mass is 10.1. The SMILES string of the molecule is CCNC(=O)[C@H](CC)N(Cc1ccccc1)C(=O)CN(c1ccc(CC)cc1)S(=O)(=O)c1ccccc1. The largest absolute Gasteiger partial charge is 0.355 e. The first-order valence-corrected chi connectivity index (χ1v) is 14.0. The van der Waals surface area contributed by atoms with E-state index in [0.717, 1.165) is 21.9 Å². The van der Waals surface area contributed by atoms with E-state index in [4.69, 9.17) is 0 Å². The van der Waals surface area contributed by atoms with Crippen molar-refractivity contribution in [3.8, 4) is 0 Å². The lowest BCUT2D eigenvalue weighted by Gasteiger charge is -2.33. The van der Waals surface area contributed by atoms with Gasteiger partial charge in [-0.1, -0.05) is 74.5 Å². The molecule has 3 aromatic carbocycles. The molecule has 0 aliphatic heterocycles. The van der Waals surface area contributed by atoms with Gasteiger partial charge in [0, 0.05) is 13.1 Å². The highest BCUT2D eigenvalue weighted by molar-refractivity contribution is 7.92. The molecule has 0 bridgehead atoms. The molecule has 1 atom stereocenters. The number of nitrogens with zero attached hydrogens (tertiary/aromatic N) is 2. The zero-order chi connectivity index (χ0) is 26.8. The molecule has 0 aliphatic carbocycles. The molecule has 0 unspecified atom stereocenters. The molecule has 0 heterocycles. The van der Waals surface area contributed by atoms with Gasteiger partial charge in [0.2, 0.25) is 11.8 Å². The van der Waals surface area contributed by atoms with Gasteiger partial charge in [0.15, 0.2) is 0 Å². The van der Waals surface area contributed by atoms with Crippen molar-refractivity contribution in [3.05, 3.63) is 96.1 Å². The van der Waals surface area contributed by atoms with Gasteiger partial charge in [-0.05, 0) is 55.2 Å². The van der Waals surface area contributed by atoms with Gasteiger partial charge < -0.3 is 10.2 Å². The molecule has 7 nitrogen and oxygen atoms in total. The van der Waals surface area contributed by atoms with Crippen molar-refractivity contribution in [1.29, 1.82) is 0 Å². The summed E-state index contributed by atoms with van der Waals surface area (Å²) in [6.07, 6.45) is 1.20. The number of anilines is 1. The van der Waals surface area contributed by atoms with E-state index >= 15 is 0 Å². The third-order valence-electron chi connectivity index (χ3n) is 6.18. The number of hydrogen-bond donors (Lipinski definition) is 1. The average molecular weight is 522 g/mol. The van der Waals surface area contributed by atoms with Gasteiger partial charge in [-0.2, -0.15) is 0 Å². The van der Waals surface area contributed by atoms with E-state index in [1.807, 2.05) is 63.2 Å². The summed E-state index contributed by atoms with van der Waals surface area (Å²) in [5, 5.41) is 2.81. The van der Waals surface area contributed by atoms with E-state index in [1.165, 1.54) is 17.0 Å². The van der Waals surface area contributed by atoms with Gasteiger partial charge in [-0.25, -0.2) is 8.42 Å². The van der Waals surface area contributed by atoms with Crippen LogP contribution in [0.2, 0.25) is 0 Å². The molecule has 3 aromatic rings. The molecule has 0 saturated carbocycles. The monoisotopic (exact) mass is 521 g/mol. The Hall–Kier alpha value is -3.65. The lowest BCUT2D eigenvalue weighted by Crippen LogP contribution is -2.52. The molecule has 0 spiro atoms. The number of amides is 2. The van der Waals surface area contributed by atoms with Gasteiger partial charge in [0.25, 0.3) is 10.0 Å². The Bertz CT molecular complexity index is 1260. The van der Waals surface area contributed by atoms with Crippen LogP contribution in [0.25, 0.3) is 0 Å². The fourth-order valence-electron chi connectivity index (χ4n) is 4.14. The zero-order valence-electron chi connectivity index (χ0n) is 21.6. The Morgan fingerprint density at radius 3 is 1.95 bits per heavy atom. The number of hydrogen-bond acceptors (Lipinski definition) is 4. The van der Waals surface area contributed by atoms with Gasteiger partial charge >= 0.3 is 0 Å². The number of aryl methyl sites for hydroxylation is 1. The van der Waals surface area contributed by atoms with Crippen LogP contribution in [0.15, 0.2) is 89.8 Å². The minimum Gasteiger partial charge on any atom is -0.355 e. The molecule has 0 aromatic heterocycles. The molecule has 0 aliphatic rings. The van der Waals surface area contributed by atoms with Gasteiger partial charge in [0.1, 0.15) is 12.6 Å². The number of likely N-dealkylation sites (N-methyl/N-ethyl adjacent to an activating group) is 1. The number of nitrogens with one attached hydrogen (secondary N) is 1. The first-order chi connectivity index (χ1) is 17.8. The number of sulfonamides is 1. The molecule has 196 valence electrons. The number of benzene rings is 3. The lowest BCUT2D eigenvalue weighted by molar-refractivity contribution is -0.140. The minimum atomic E-state index is -4.05. The molecule has 0 saturated heterocycles. The first-order valence-electron chi connectivity index (χ1n) is 12.6. The van der Waals surface area contributed by atoms with Crippen molar-refractivity contribution in [2.24, 2.45) is 0 Å². The maximum absolute atomic E-state index is 13.9. The van der Waals surface area contributed by atoms with Crippen LogP contribution in [0.5, 0.6) is 0 Å². The molecule has 0 radical (unpaired) electrons. The second-order valence-electron chi connectivity index (χ2n) is 8.67.